The van der Waals surface area contributed by atoms with Gasteiger partial charge in [0.1, 0.15) is 6.04 Å². The number of imide groups is 1. The van der Waals surface area contributed by atoms with Gasteiger partial charge in [-0.1, -0.05) is 6.92 Å². The zero-order chi connectivity index (χ0) is 10.7. The smallest absolute Gasteiger partial charge is 0.344 e. The van der Waals surface area contributed by atoms with E-state index in [4.69, 9.17) is 11.1 Å². The van der Waals surface area contributed by atoms with Gasteiger partial charge >= 0.3 is 6.03 Å². The molecule has 0 spiro atoms. The summed E-state index contributed by atoms with van der Waals surface area (Å²) >= 11 is 0. The van der Waals surface area contributed by atoms with Crippen molar-refractivity contribution in [2.45, 2.75) is 25.4 Å². The highest BCUT2D eigenvalue weighted by Gasteiger charge is 2.37. The standard InChI is InChI=1S/C7H12N5O2/c1-2-3(10-6(8)9)4-5(13)12-7(14)11-4/h3-4H,2H2,1H3,(H,11,14)(H4,8,9,10)/t3-,4?/m1/s1. The SMILES string of the molecule is CC[C@@H](NC(=N)N)C1NC(=O)[N]C1=O. The van der Waals surface area contributed by atoms with Crippen molar-refractivity contribution in [2.24, 2.45) is 5.73 Å². The Balaban J connectivity index is 2.65. The summed E-state index contributed by atoms with van der Waals surface area (Å²) < 4.78 is 0. The lowest BCUT2D eigenvalue weighted by Crippen LogP contribution is -2.52. The number of carbonyl (C=O) groups is 2. The highest BCUT2D eigenvalue weighted by molar-refractivity contribution is 6.04. The summed E-state index contributed by atoms with van der Waals surface area (Å²) in [5.41, 5.74) is 5.13. The number of guanidine groups is 1. The third kappa shape index (κ3) is 2.12. The summed E-state index contributed by atoms with van der Waals surface area (Å²) in [4.78, 5) is 21.9. The molecule has 77 valence electrons. The molecule has 7 heteroatoms. The van der Waals surface area contributed by atoms with E-state index in [-0.39, 0.29) is 12.0 Å². The molecule has 1 unspecified atom stereocenters. The van der Waals surface area contributed by atoms with E-state index in [1.54, 1.807) is 0 Å². The molecule has 14 heavy (non-hydrogen) atoms. The van der Waals surface area contributed by atoms with Gasteiger partial charge in [0.05, 0.1) is 6.04 Å². The maximum absolute atomic E-state index is 11.2. The molecular weight excluding hydrogens is 186 g/mol. The first-order valence-corrected chi connectivity index (χ1v) is 4.21. The van der Waals surface area contributed by atoms with Gasteiger partial charge in [-0.15, -0.1) is 0 Å². The van der Waals surface area contributed by atoms with Gasteiger partial charge in [-0.25, -0.2) is 4.79 Å². The Morgan fingerprint density at radius 1 is 1.79 bits per heavy atom. The van der Waals surface area contributed by atoms with Crippen LogP contribution in [0.2, 0.25) is 0 Å². The van der Waals surface area contributed by atoms with E-state index < -0.39 is 18.0 Å². The van der Waals surface area contributed by atoms with Crippen LogP contribution in [-0.2, 0) is 4.79 Å². The maximum Gasteiger partial charge on any atom is 0.344 e. The second-order valence-corrected chi connectivity index (χ2v) is 2.95. The van der Waals surface area contributed by atoms with E-state index in [9.17, 15) is 9.59 Å². The molecule has 1 aliphatic heterocycles. The van der Waals surface area contributed by atoms with Crippen LogP contribution in [0, 0.1) is 5.41 Å². The molecule has 1 aliphatic rings. The van der Waals surface area contributed by atoms with Gasteiger partial charge < -0.3 is 16.4 Å². The van der Waals surface area contributed by atoms with Crippen LogP contribution in [0.15, 0.2) is 0 Å². The molecule has 0 aromatic heterocycles. The van der Waals surface area contributed by atoms with Crippen LogP contribution >= 0.6 is 0 Å². The molecule has 3 amide bonds. The molecule has 0 saturated carbocycles. The average molecular weight is 198 g/mol. The quantitative estimate of drug-likeness (QED) is 0.249. The predicted octanol–water partition coefficient (Wildman–Crippen LogP) is -1.53. The van der Waals surface area contributed by atoms with Crippen LogP contribution in [-0.4, -0.2) is 30.0 Å². The minimum Gasteiger partial charge on any atom is -0.370 e. The summed E-state index contributed by atoms with van der Waals surface area (Å²) in [6, 6.07) is -1.73. The molecular formula is C7H12N5O2. The Hall–Kier alpha value is -1.79. The van der Waals surface area contributed by atoms with Crippen molar-refractivity contribution in [2.75, 3.05) is 0 Å². The van der Waals surface area contributed by atoms with E-state index in [2.05, 4.69) is 16.0 Å². The molecule has 1 heterocycles. The number of nitrogens with two attached hydrogens (primary N) is 1. The summed E-state index contributed by atoms with van der Waals surface area (Å²) in [6.07, 6.45) is 0.561. The summed E-state index contributed by atoms with van der Waals surface area (Å²) in [6.45, 7) is 1.82. The molecule has 0 bridgehead atoms. The van der Waals surface area contributed by atoms with Gasteiger partial charge in [-0.05, 0) is 6.42 Å². The molecule has 0 aromatic carbocycles. The van der Waals surface area contributed by atoms with Crippen molar-refractivity contribution in [1.82, 2.24) is 16.0 Å². The van der Waals surface area contributed by atoms with E-state index >= 15 is 0 Å². The fraction of sp³-hybridized carbons (Fsp3) is 0.571. The van der Waals surface area contributed by atoms with E-state index in [0.29, 0.717) is 6.42 Å². The van der Waals surface area contributed by atoms with Crippen LogP contribution < -0.4 is 21.7 Å². The Labute approximate surface area is 80.9 Å². The molecule has 1 fully saturated rings. The normalized spacial score (nSPS) is 22.5. The number of hydrogen-bond donors (Lipinski definition) is 4. The second kappa shape index (κ2) is 3.95. The lowest BCUT2D eigenvalue weighted by Gasteiger charge is -2.20. The second-order valence-electron chi connectivity index (χ2n) is 2.95. The Bertz CT molecular complexity index is 277. The summed E-state index contributed by atoms with van der Waals surface area (Å²) in [5.74, 6) is -0.749. The third-order valence-corrected chi connectivity index (χ3v) is 1.94. The Morgan fingerprint density at radius 3 is 2.79 bits per heavy atom. The number of nitrogens with one attached hydrogen (secondary N) is 3. The fourth-order valence-corrected chi connectivity index (χ4v) is 1.29. The molecule has 0 aromatic rings. The average Bonchev–Trinajstić information content (AvgIpc) is 2.41. The molecule has 1 radical (unpaired) electrons. The summed E-state index contributed by atoms with van der Waals surface area (Å²) in [7, 11) is 0. The first-order chi connectivity index (χ1) is 6.54. The molecule has 5 N–H and O–H groups in total. The van der Waals surface area contributed by atoms with Crippen molar-refractivity contribution < 1.29 is 9.59 Å². The predicted molar refractivity (Wildman–Crippen MR) is 48.6 cm³/mol. The van der Waals surface area contributed by atoms with Gasteiger partial charge in [0, 0.05) is 0 Å². The molecule has 1 saturated heterocycles. The van der Waals surface area contributed by atoms with Crippen LogP contribution in [0.5, 0.6) is 0 Å². The van der Waals surface area contributed by atoms with E-state index in [1.807, 2.05) is 6.92 Å². The zero-order valence-corrected chi connectivity index (χ0v) is 7.70. The van der Waals surface area contributed by atoms with Crippen LogP contribution in [0.4, 0.5) is 4.79 Å². The number of hydrogen-bond acceptors (Lipinski definition) is 3. The number of urea groups is 1. The lowest BCUT2D eigenvalue weighted by atomic mass is 10.1. The number of rotatable bonds is 3. The summed E-state index contributed by atoms with van der Waals surface area (Å²) in [5, 5.41) is 15.2. The van der Waals surface area contributed by atoms with Gasteiger partial charge in [-0.2, -0.15) is 5.32 Å². The molecule has 1 rings (SSSR count). The number of carbonyl (C=O) groups excluding carboxylic acids is 2. The topological polar surface area (TPSA) is 122 Å². The van der Waals surface area contributed by atoms with Gasteiger partial charge in [0.2, 0.25) is 0 Å². The van der Waals surface area contributed by atoms with Crippen molar-refractivity contribution in [3.8, 4) is 0 Å². The van der Waals surface area contributed by atoms with Crippen molar-refractivity contribution in [3.63, 3.8) is 0 Å². The van der Waals surface area contributed by atoms with Crippen LogP contribution in [0.25, 0.3) is 0 Å². The fourth-order valence-electron chi connectivity index (χ4n) is 1.29. The van der Waals surface area contributed by atoms with Gasteiger partial charge in [0.25, 0.3) is 5.91 Å². The minimum absolute atomic E-state index is 0.231. The number of amides is 3. The first-order valence-electron chi connectivity index (χ1n) is 4.21. The van der Waals surface area contributed by atoms with Crippen molar-refractivity contribution >= 4 is 17.9 Å². The molecule has 2 atom stereocenters. The number of nitrogens with zero attached hydrogens (tertiary/aromatic N) is 1. The molecule has 0 aliphatic carbocycles. The van der Waals surface area contributed by atoms with E-state index in [1.165, 1.54) is 0 Å². The highest BCUT2D eigenvalue weighted by atomic mass is 16.2. The van der Waals surface area contributed by atoms with Crippen LogP contribution in [0.3, 0.4) is 0 Å². The largest absolute Gasteiger partial charge is 0.370 e. The Morgan fingerprint density at radius 2 is 2.43 bits per heavy atom. The van der Waals surface area contributed by atoms with E-state index in [0.717, 1.165) is 0 Å². The minimum atomic E-state index is -0.712. The zero-order valence-electron chi connectivity index (χ0n) is 7.70. The maximum atomic E-state index is 11.2. The first kappa shape index (κ1) is 10.3. The van der Waals surface area contributed by atoms with Crippen LogP contribution in [0.1, 0.15) is 13.3 Å². The lowest BCUT2D eigenvalue weighted by molar-refractivity contribution is -0.120. The third-order valence-electron chi connectivity index (χ3n) is 1.94. The van der Waals surface area contributed by atoms with Gasteiger partial charge in [0.15, 0.2) is 5.96 Å². The van der Waals surface area contributed by atoms with Gasteiger partial charge in [-0.3, -0.25) is 10.2 Å². The van der Waals surface area contributed by atoms with Crippen molar-refractivity contribution in [3.05, 3.63) is 0 Å². The highest BCUT2D eigenvalue weighted by Crippen LogP contribution is 2.04. The monoisotopic (exact) mass is 198 g/mol. The Kier molecular flexibility index (Phi) is 2.90. The molecule has 7 nitrogen and oxygen atoms in total. The van der Waals surface area contributed by atoms with Crippen molar-refractivity contribution in [1.29, 1.82) is 5.41 Å².